The molecule has 9 heteroatoms. The molecule has 3 aliphatic rings. The van der Waals surface area contributed by atoms with E-state index in [-0.39, 0.29) is 5.95 Å². The van der Waals surface area contributed by atoms with Gasteiger partial charge in [-0.05, 0) is 106 Å². The number of aryl methyl sites for hydroxylation is 3. The number of nitrogen functional groups attached to an aromatic ring is 1. The summed E-state index contributed by atoms with van der Waals surface area (Å²) in [5.41, 5.74) is 14.5. The van der Waals surface area contributed by atoms with Crippen LogP contribution in [-0.2, 0) is 12.8 Å². The Morgan fingerprint density at radius 1 is 0.875 bits per heavy atom. The largest absolute Gasteiger partial charge is 0.371 e. The summed E-state index contributed by atoms with van der Waals surface area (Å²) in [6.45, 7) is 6.97. The van der Waals surface area contributed by atoms with Gasteiger partial charge in [0.15, 0.2) is 5.82 Å². The van der Waals surface area contributed by atoms with E-state index in [1.807, 2.05) is 6.07 Å². The van der Waals surface area contributed by atoms with Crippen molar-refractivity contribution in [2.45, 2.75) is 57.9 Å². The summed E-state index contributed by atoms with van der Waals surface area (Å²) in [5.74, 6) is 1.28. The first-order valence-corrected chi connectivity index (χ1v) is 14.7. The molecule has 0 bridgehead atoms. The summed E-state index contributed by atoms with van der Waals surface area (Å²) >= 11 is 0. The van der Waals surface area contributed by atoms with Crippen LogP contribution in [0.25, 0.3) is 16.9 Å². The van der Waals surface area contributed by atoms with Gasteiger partial charge in [0.25, 0.3) is 0 Å². The van der Waals surface area contributed by atoms with E-state index < -0.39 is 0 Å². The standard InChI is InChI=1S/C31H37N9/c1-21-19-23(11-12-28(21)39-17-13-24(14-18-39)38-15-4-5-16-38)33-31-34-30(32)40(37-31)29-20-26-25-9-3-2-7-22(25)8-6-10-27(26)35-36-29/h2-3,7,9,11-12,19-20,24H,4-6,8,10,13-18H2,1H3,(H3,32,33,34,37). The molecule has 0 atom stereocenters. The molecule has 40 heavy (non-hydrogen) atoms. The van der Waals surface area contributed by atoms with Crippen LogP contribution in [-0.4, -0.2) is 62.1 Å². The molecule has 3 N–H and O–H groups in total. The number of nitrogens with one attached hydrogen (secondary N) is 1. The fourth-order valence-corrected chi connectivity index (χ4v) is 6.72. The summed E-state index contributed by atoms with van der Waals surface area (Å²) in [6.07, 6.45) is 8.23. The fourth-order valence-electron chi connectivity index (χ4n) is 6.72. The number of fused-ring (bicyclic) bond motifs is 3. The normalized spacial score (nSPS) is 17.9. The summed E-state index contributed by atoms with van der Waals surface area (Å²) in [5, 5.41) is 17.0. The van der Waals surface area contributed by atoms with Crippen molar-refractivity contribution < 1.29 is 0 Å². The molecule has 0 saturated carbocycles. The number of benzene rings is 2. The first-order chi connectivity index (χ1) is 19.6. The van der Waals surface area contributed by atoms with Crippen LogP contribution in [0.15, 0.2) is 48.5 Å². The van der Waals surface area contributed by atoms with Crippen LogP contribution < -0.4 is 16.0 Å². The number of aromatic nitrogens is 5. The van der Waals surface area contributed by atoms with Crippen molar-refractivity contribution in [3.05, 3.63) is 65.4 Å². The van der Waals surface area contributed by atoms with E-state index in [0.29, 0.717) is 11.8 Å². The fraction of sp³-hybridized carbons (Fsp3) is 0.419. The van der Waals surface area contributed by atoms with Gasteiger partial charge in [-0.15, -0.1) is 10.2 Å². The molecule has 0 unspecified atom stereocenters. The van der Waals surface area contributed by atoms with E-state index in [1.54, 1.807) is 4.68 Å². The molecular formula is C31H37N9. The summed E-state index contributed by atoms with van der Waals surface area (Å²) in [6, 6.07) is 17.8. The molecule has 4 heterocycles. The number of anilines is 4. The molecular weight excluding hydrogens is 498 g/mol. The van der Waals surface area contributed by atoms with Gasteiger partial charge in [0.2, 0.25) is 11.9 Å². The van der Waals surface area contributed by atoms with Crippen LogP contribution in [0.4, 0.5) is 23.3 Å². The van der Waals surface area contributed by atoms with Crippen molar-refractivity contribution in [3.63, 3.8) is 0 Å². The van der Waals surface area contributed by atoms with Crippen LogP contribution in [0.5, 0.6) is 0 Å². The van der Waals surface area contributed by atoms with E-state index in [0.717, 1.165) is 55.3 Å². The Hall–Kier alpha value is -3.98. The molecule has 0 radical (unpaired) electrons. The van der Waals surface area contributed by atoms with Gasteiger partial charge in [-0.2, -0.15) is 14.8 Å². The third-order valence-electron chi connectivity index (χ3n) is 8.79. The summed E-state index contributed by atoms with van der Waals surface area (Å²) < 4.78 is 1.56. The molecule has 0 spiro atoms. The van der Waals surface area contributed by atoms with E-state index in [9.17, 15) is 0 Å². The topological polar surface area (TPSA) is 101 Å². The van der Waals surface area contributed by atoms with E-state index in [4.69, 9.17) is 5.73 Å². The highest BCUT2D eigenvalue weighted by Crippen LogP contribution is 2.33. The lowest BCUT2D eigenvalue weighted by molar-refractivity contribution is 0.208. The lowest BCUT2D eigenvalue weighted by atomic mass is 10.00. The van der Waals surface area contributed by atoms with Gasteiger partial charge in [0.1, 0.15) is 0 Å². The van der Waals surface area contributed by atoms with Crippen molar-refractivity contribution in [2.24, 2.45) is 0 Å². The molecule has 2 aromatic carbocycles. The average molecular weight is 536 g/mol. The number of rotatable bonds is 5. The zero-order chi connectivity index (χ0) is 27.1. The minimum absolute atomic E-state index is 0.271. The second kappa shape index (κ2) is 10.5. The van der Waals surface area contributed by atoms with E-state index >= 15 is 0 Å². The smallest absolute Gasteiger partial charge is 0.248 e. The van der Waals surface area contributed by atoms with Crippen molar-refractivity contribution in [3.8, 4) is 16.9 Å². The van der Waals surface area contributed by atoms with Crippen LogP contribution >= 0.6 is 0 Å². The Morgan fingerprint density at radius 2 is 1.70 bits per heavy atom. The van der Waals surface area contributed by atoms with Gasteiger partial charge in [0.05, 0.1) is 5.69 Å². The summed E-state index contributed by atoms with van der Waals surface area (Å²) in [4.78, 5) is 9.71. The number of hydrogen-bond acceptors (Lipinski definition) is 8. The molecule has 2 fully saturated rings. The number of hydrogen-bond donors (Lipinski definition) is 2. The van der Waals surface area contributed by atoms with Gasteiger partial charge in [0, 0.05) is 36.1 Å². The molecule has 7 rings (SSSR count). The van der Waals surface area contributed by atoms with Crippen LogP contribution in [0, 0.1) is 6.92 Å². The molecule has 2 aliphatic heterocycles. The Labute approximate surface area is 235 Å². The van der Waals surface area contributed by atoms with Crippen molar-refractivity contribution >= 4 is 23.3 Å². The first-order valence-electron chi connectivity index (χ1n) is 14.7. The Bertz CT molecular complexity index is 1510. The molecule has 0 amide bonds. The number of nitrogens with zero attached hydrogens (tertiary/aromatic N) is 7. The van der Waals surface area contributed by atoms with Gasteiger partial charge in [-0.1, -0.05) is 24.3 Å². The number of piperidine rings is 1. The van der Waals surface area contributed by atoms with Gasteiger partial charge >= 0.3 is 0 Å². The predicted molar refractivity (Wildman–Crippen MR) is 159 cm³/mol. The van der Waals surface area contributed by atoms with Crippen LogP contribution in [0.3, 0.4) is 0 Å². The minimum Gasteiger partial charge on any atom is -0.371 e. The highest BCUT2D eigenvalue weighted by atomic mass is 15.4. The van der Waals surface area contributed by atoms with Crippen molar-refractivity contribution in [1.82, 2.24) is 29.9 Å². The molecule has 1 aliphatic carbocycles. The van der Waals surface area contributed by atoms with Gasteiger partial charge in [-0.3, -0.25) is 0 Å². The number of likely N-dealkylation sites (tertiary alicyclic amines) is 1. The van der Waals surface area contributed by atoms with Crippen molar-refractivity contribution in [1.29, 1.82) is 0 Å². The first kappa shape index (κ1) is 25.0. The second-order valence-electron chi connectivity index (χ2n) is 11.4. The Kier molecular flexibility index (Phi) is 6.59. The van der Waals surface area contributed by atoms with Gasteiger partial charge in [-0.25, -0.2) is 0 Å². The summed E-state index contributed by atoms with van der Waals surface area (Å²) in [7, 11) is 0. The third kappa shape index (κ3) is 4.79. The maximum absolute atomic E-state index is 6.31. The lowest BCUT2D eigenvalue weighted by Crippen LogP contribution is -2.44. The second-order valence-corrected chi connectivity index (χ2v) is 11.4. The zero-order valence-electron chi connectivity index (χ0n) is 23.2. The Balaban J connectivity index is 1.07. The van der Waals surface area contributed by atoms with E-state index in [2.05, 4.69) is 84.8 Å². The number of nitrogens with two attached hydrogens (primary N) is 1. The monoisotopic (exact) mass is 535 g/mol. The highest BCUT2D eigenvalue weighted by molar-refractivity contribution is 5.72. The Morgan fingerprint density at radius 3 is 2.52 bits per heavy atom. The molecule has 4 aromatic rings. The minimum atomic E-state index is 0.271. The quantitative estimate of drug-likeness (QED) is 0.372. The van der Waals surface area contributed by atoms with Crippen molar-refractivity contribution in [2.75, 3.05) is 42.1 Å². The molecule has 2 aromatic heterocycles. The molecule has 206 valence electrons. The molecule has 9 nitrogen and oxygen atoms in total. The maximum atomic E-state index is 6.31. The lowest BCUT2D eigenvalue weighted by Gasteiger charge is -2.38. The maximum Gasteiger partial charge on any atom is 0.248 e. The van der Waals surface area contributed by atoms with E-state index in [1.165, 1.54) is 61.2 Å². The highest BCUT2D eigenvalue weighted by Gasteiger charge is 2.27. The zero-order valence-corrected chi connectivity index (χ0v) is 23.2. The predicted octanol–water partition coefficient (Wildman–Crippen LogP) is 4.91. The van der Waals surface area contributed by atoms with Crippen LogP contribution in [0.1, 0.15) is 48.9 Å². The van der Waals surface area contributed by atoms with Crippen LogP contribution in [0.2, 0.25) is 0 Å². The molecule has 2 saturated heterocycles. The average Bonchev–Trinajstić information content (AvgIpc) is 3.60. The third-order valence-corrected chi connectivity index (χ3v) is 8.79. The van der Waals surface area contributed by atoms with Gasteiger partial charge < -0.3 is 20.9 Å². The SMILES string of the molecule is Cc1cc(Nc2nc(N)n(-c3cc4c(nn3)CCCc3ccccc3-4)n2)ccc1N1CCC(N2CCCC2)CC1.